The van der Waals surface area contributed by atoms with E-state index in [9.17, 15) is 19.0 Å². The van der Waals surface area contributed by atoms with E-state index in [0.29, 0.717) is 23.9 Å². The second-order valence-electron chi connectivity index (χ2n) is 23.2. The van der Waals surface area contributed by atoms with Crippen LogP contribution in [-0.2, 0) is 27.9 Å². The monoisotopic (exact) mass is 1160 g/mol. The van der Waals surface area contributed by atoms with E-state index in [1.165, 1.54) is 103 Å². The molecule has 0 heterocycles. The number of ether oxygens (including phenoxy) is 1. The van der Waals surface area contributed by atoms with Gasteiger partial charge in [0.15, 0.2) is 0 Å². The lowest BCUT2D eigenvalue weighted by atomic mass is 10.0. The van der Waals surface area contributed by atoms with E-state index in [0.717, 1.165) is 128 Å². The third-order valence-corrected chi connectivity index (χ3v) is 15.1. The molecule has 10 heteroatoms. The molecule has 0 aliphatic carbocycles. The zero-order valence-corrected chi connectivity index (χ0v) is 54.5. The van der Waals surface area contributed by atoms with Crippen LogP contribution in [0.25, 0.3) is 0 Å². The second-order valence-corrected chi connectivity index (χ2v) is 24.6. The van der Waals surface area contributed by atoms with E-state index < -0.39 is 26.6 Å². The van der Waals surface area contributed by atoms with Crippen LogP contribution in [0.5, 0.6) is 0 Å². The molecule has 0 saturated carbocycles. The maximum Gasteiger partial charge on any atom is 0.306 e. The highest BCUT2D eigenvalue weighted by Gasteiger charge is 2.27. The van der Waals surface area contributed by atoms with Gasteiger partial charge >= 0.3 is 5.97 Å². The van der Waals surface area contributed by atoms with Gasteiger partial charge < -0.3 is 28.5 Å². The van der Waals surface area contributed by atoms with Crippen LogP contribution in [0.15, 0.2) is 122 Å². The number of esters is 1. The first-order valence-electron chi connectivity index (χ1n) is 33.3. The predicted octanol–water partition coefficient (Wildman–Crippen LogP) is 20.4. The Labute approximate surface area is 505 Å². The van der Waals surface area contributed by atoms with Crippen molar-refractivity contribution in [2.75, 3.05) is 40.9 Å². The predicted molar refractivity (Wildman–Crippen MR) is 353 cm³/mol. The number of quaternary nitrogens is 1. The number of hydrogen-bond acceptors (Lipinski definition) is 7. The molecular weight excluding hydrogens is 1040 g/mol. The Balaban J connectivity index is 5.25. The summed E-state index contributed by atoms with van der Waals surface area (Å²) < 4.78 is 30.4. The van der Waals surface area contributed by atoms with E-state index in [1.54, 1.807) is 0 Å². The van der Waals surface area contributed by atoms with Gasteiger partial charge in [0, 0.05) is 12.8 Å². The van der Waals surface area contributed by atoms with Crippen LogP contribution in [0.2, 0.25) is 0 Å². The minimum Gasteiger partial charge on any atom is -0.756 e. The molecule has 470 valence electrons. The fourth-order valence-electron chi connectivity index (χ4n) is 9.00. The molecule has 0 aromatic carbocycles. The van der Waals surface area contributed by atoms with E-state index in [2.05, 4.69) is 135 Å². The zero-order chi connectivity index (χ0) is 60.0. The molecule has 0 fully saturated rings. The van der Waals surface area contributed by atoms with Gasteiger partial charge in [0.2, 0.25) is 5.91 Å². The zero-order valence-electron chi connectivity index (χ0n) is 53.7. The molecule has 0 aliphatic heterocycles. The summed E-state index contributed by atoms with van der Waals surface area (Å²) in [5.41, 5.74) is 0. The van der Waals surface area contributed by atoms with Crippen LogP contribution in [-0.4, -0.2) is 69.4 Å². The van der Waals surface area contributed by atoms with Crippen LogP contribution < -0.4 is 10.2 Å². The number of carbonyl (C=O) groups is 2. The number of nitrogens with zero attached hydrogens (tertiary/aromatic N) is 1. The average Bonchev–Trinajstić information content (AvgIpc) is 3.44. The maximum atomic E-state index is 13.6. The standard InChI is InChI=1S/C72H125N2O7P/c1-7-10-13-16-19-22-25-28-30-32-34-36-37-39-41-43-45-47-50-53-56-59-62-65-72(76)81-70(63-60-57-54-51-48-27-24-21-18-15-12-9-3)69(68-80-82(77,78)79-67-66-74(4,5)6)73-71(75)64-61-58-55-52-49-46-44-42-40-38-35-33-31-29-26-23-20-17-14-11-8-2/h10,13,19-20,22-23,28-31,34-36,38-39,41,45,47,60,63,69-70H,7-9,11-12,14-18,21,24-27,32-33,37,40,42-44,46,48-59,61-62,64-68H2,1-6H3,(H-,73,75,77,78)/b13-10-,22-19-,23-20-,30-28-,31-29-,36-34-,38-35-,41-39-,47-45-,63-60+. The van der Waals surface area contributed by atoms with Crippen molar-refractivity contribution >= 4 is 19.7 Å². The lowest BCUT2D eigenvalue weighted by Crippen LogP contribution is -2.47. The Hall–Kier alpha value is -3.59. The van der Waals surface area contributed by atoms with Gasteiger partial charge in [0.05, 0.1) is 33.8 Å². The molecule has 1 N–H and O–H groups in total. The van der Waals surface area contributed by atoms with Gasteiger partial charge in [0.1, 0.15) is 19.3 Å². The van der Waals surface area contributed by atoms with Crippen molar-refractivity contribution in [3.05, 3.63) is 122 Å². The summed E-state index contributed by atoms with van der Waals surface area (Å²) in [7, 11) is 1.15. The molecule has 0 bridgehead atoms. The Morgan fingerprint density at radius 2 is 0.780 bits per heavy atom. The normalized spacial score (nSPS) is 14.4. The van der Waals surface area contributed by atoms with E-state index in [1.807, 2.05) is 33.3 Å². The summed E-state index contributed by atoms with van der Waals surface area (Å²) in [6, 6.07) is -0.912. The van der Waals surface area contributed by atoms with E-state index in [4.69, 9.17) is 13.8 Å². The van der Waals surface area contributed by atoms with Gasteiger partial charge in [-0.05, 0) is 122 Å². The van der Waals surface area contributed by atoms with Gasteiger partial charge in [0.25, 0.3) is 7.82 Å². The molecule has 82 heavy (non-hydrogen) atoms. The van der Waals surface area contributed by atoms with Crippen LogP contribution in [0, 0.1) is 0 Å². The number of unbranched alkanes of at least 4 members (excludes halogenated alkanes) is 25. The maximum absolute atomic E-state index is 13.6. The van der Waals surface area contributed by atoms with E-state index in [-0.39, 0.29) is 24.9 Å². The summed E-state index contributed by atoms with van der Waals surface area (Å²) in [6.45, 7) is 6.67. The topological polar surface area (TPSA) is 114 Å². The highest BCUT2D eigenvalue weighted by atomic mass is 31.2. The lowest BCUT2D eigenvalue weighted by Gasteiger charge is -2.30. The SMILES string of the molecule is CC/C=C\C/C=C\C/C=C\C/C=C\C/C=C\C/C=C\CCCCCCC(=O)OC(/C=C/CCCCCCCCCCCC)C(COP(=O)([O-])OCC[N+](C)(C)C)NC(=O)CCCCCCCCCC/C=C\C/C=C\C/C=C\CCCCC. The summed E-state index contributed by atoms with van der Waals surface area (Å²) in [6.07, 6.45) is 84.5. The van der Waals surface area contributed by atoms with Gasteiger partial charge in [-0.25, -0.2) is 0 Å². The Bertz CT molecular complexity index is 1820. The van der Waals surface area contributed by atoms with Crippen molar-refractivity contribution < 1.29 is 37.3 Å². The molecule has 0 aliphatic rings. The quantitative estimate of drug-likeness (QED) is 0.0212. The highest BCUT2D eigenvalue weighted by molar-refractivity contribution is 7.45. The van der Waals surface area contributed by atoms with Crippen molar-refractivity contribution in [3.63, 3.8) is 0 Å². The molecule has 0 spiro atoms. The fourth-order valence-corrected chi connectivity index (χ4v) is 9.73. The molecule has 0 aromatic rings. The number of nitrogens with one attached hydrogen (secondary N) is 1. The van der Waals surface area contributed by atoms with Crippen molar-refractivity contribution in [1.29, 1.82) is 0 Å². The number of amides is 1. The molecule has 1 amide bonds. The number of allylic oxidation sites excluding steroid dienone is 19. The lowest BCUT2D eigenvalue weighted by molar-refractivity contribution is -0.870. The first-order chi connectivity index (χ1) is 39.9. The molecule has 0 aromatic heterocycles. The third kappa shape index (κ3) is 61.0. The van der Waals surface area contributed by atoms with E-state index >= 15 is 0 Å². The van der Waals surface area contributed by atoms with Crippen LogP contribution in [0.3, 0.4) is 0 Å². The molecule has 9 nitrogen and oxygen atoms in total. The molecular formula is C72H125N2O7P. The van der Waals surface area contributed by atoms with Crippen molar-refractivity contribution in [3.8, 4) is 0 Å². The second kappa shape index (κ2) is 60.5. The summed E-state index contributed by atoms with van der Waals surface area (Å²) >= 11 is 0. The Morgan fingerprint density at radius 1 is 0.439 bits per heavy atom. The number of likely N-dealkylation sites (N-methyl/N-ethyl adjacent to an activating group) is 1. The largest absolute Gasteiger partial charge is 0.756 e. The first-order valence-corrected chi connectivity index (χ1v) is 34.8. The Kier molecular flexibility index (Phi) is 57.9. The van der Waals surface area contributed by atoms with Gasteiger partial charge in [-0.2, -0.15) is 0 Å². The molecule has 0 saturated heterocycles. The summed E-state index contributed by atoms with van der Waals surface area (Å²) in [4.78, 5) is 40.1. The fraction of sp³-hybridized carbons (Fsp3) is 0.694. The first kappa shape index (κ1) is 78.4. The number of phosphoric acid groups is 1. The molecule has 3 unspecified atom stereocenters. The number of hydrogen-bond donors (Lipinski definition) is 1. The Morgan fingerprint density at radius 3 is 1.20 bits per heavy atom. The third-order valence-electron chi connectivity index (χ3n) is 14.1. The van der Waals surface area contributed by atoms with Crippen molar-refractivity contribution in [2.45, 2.75) is 283 Å². The number of rotatable bonds is 59. The van der Waals surface area contributed by atoms with Crippen molar-refractivity contribution in [2.24, 2.45) is 0 Å². The molecule has 0 radical (unpaired) electrons. The number of carbonyl (C=O) groups excluding carboxylic acids is 2. The van der Waals surface area contributed by atoms with Crippen LogP contribution >= 0.6 is 7.82 Å². The highest BCUT2D eigenvalue weighted by Crippen LogP contribution is 2.38. The smallest absolute Gasteiger partial charge is 0.306 e. The minimum atomic E-state index is -4.72. The average molecular weight is 1160 g/mol. The summed E-state index contributed by atoms with van der Waals surface area (Å²) in [5.74, 6) is -0.583. The van der Waals surface area contributed by atoms with Gasteiger partial charge in [-0.3, -0.25) is 14.2 Å². The molecule has 3 atom stereocenters. The molecule has 0 rings (SSSR count). The number of phosphoric ester groups is 1. The van der Waals surface area contributed by atoms with Crippen LogP contribution in [0.1, 0.15) is 271 Å². The van der Waals surface area contributed by atoms with Gasteiger partial charge in [-0.1, -0.05) is 258 Å². The van der Waals surface area contributed by atoms with Crippen molar-refractivity contribution in [1.82, 2.24) is 5.32 Å². The summed E-state index contributed by atoms with van der Waals surface area (Å²) in [5, 5.41) is 3.02. The minimum absolute atomic E-state index is 0.0346. The van der Waals surface area contributed by atoms with Gasteiger partial charge in [-0.15, -0.1) is 0 Å². The van der Waals surface area contributed by atoms with Crippen LogP contribution in [0.4, 0.5) is 0 Å².